The molecule has 8 heteroatoms. The smallest absolute Gasteiger partial charge is 0.228 e. The maximum absolute atomic E-state index is 10.0. The molecule has 0 bridgehead atoms. The first-order valence-electron chi connectivity index (χ1n) is 10.8. The van der Waals surface area contributed by atoms with Crippen molar-refractivity contribution < 1.29 is 19.3 Å². The first kappa shape index (κ1) is 20.0. The molecule has 0 radical (unpaired) electrons. The Balaban J connectivity index is 1.41. The highest BCUT2D eigenvalue weighted by atomic mass is 16.5. The lowest BCUT2D eigenvalue weighted by molar-refractivity contribution is 0.295. The highest BCUT2D eigenvalue weighted by Gasteiger charge is 2.33. The first-order chi connectivity index (χ1) is 16.7. The summed E-state index contributed by atoms with van der Waals surface area (Å²) >= 11 is 0. The van der Waals surface area contributed by atoms with Crippen LogP contribution in [0.15, 0.2) is 79.1 Å². The third-order valence-corrected chi connectivity index (χ3v) is 5.79. The third kappa shape index (κ3) is 3.45. The Morgan fingerprint density at radius 2 is 1.79 bits per heavy atom. The lowest BCUT2D eigenvalue weighted by Gasteiger charge is -2.27. The van der Waals surface area contributed by atoms with E-state index in [0.717, 1.165) is 22.4 Å². The van der Waals surface area contributed by atoms with Crippen LogP contribution in [0, 0.1) is 0 Å². The summed E-state index contributed by atoms with van der Waals surface area (Å²) in [7, 11) is 1.62. The van der Waals surface area contributed by atoms with Crippen molar-refractivity contribution in [2.45, 2.75) is 12.5 Å². The Morgan fingerprint density at radius 3 is 2.59 bits per heavy atom. The van der Waals surface area contributed by atoms with Crippen LogP contribution in [0.3, 0.4) is 0 Å². The molecule has 2 aromatic heterocycles. The molecule has 1 unspecified atom stereocenters. The van der Waals surface area contributed by atoms with Crippen LogP contribution in [0.2, 0.25) is 0 Å². The molecule has 1 aliphatic rings. The molecule has 34 heavy (non-hydrogen) atoms. The van der Waals surface area contributed by atoms with E-state index in [9.17, 15) is 5.11 Å². The lowest BCUT2D eigenvalue weighted by Crippen LogP contribution is -2.14. The molecule has 0 fully saturated rings. The minimum Gasteiger partial charge on any atom is -0.508 e. The normalized spacial score (nSPS) is 14.2. The summed E-state index contributed by atoms with van der Waals surface area (Å²) in [5, 5.41) is 14.6. The van der Waals surface area contributed by atoms with Gasteiger partial charge < -0.3 is 19.3 Å². The van der Waals surface area contributed by atoms with Gasteiger partial charge in [-0.2, -0.15) is 0 Å². The number of rotatable bonds is 5. The molecule has 3 aromatic carbocycles. The number of benzene rings is 3. The monoisotopic (exact) mass is 452 g/mol. The first-order valence-corrected chi connectivity index (χ1v) is 10.8. The molecule has 0 spiro atoms. The highest BCUT2D eigenvalue weighted by molar-refractivity contribution is 5.66. The summed E-state index contributed by atoms with van der Waals surface area (Å²) in [4.78, 5) is 9.28. The van der Waals surface area contributed by atoms with Gasteiger partial charge in [0.15, 0.2) is 11.5 Å². The Kier molecular flexibility index (Phi) is 4.76. The van der Waals surface area contributed by atoms with Gasteiger partial charge in [-0.25, -0.2) is 14.5 Å². The maximum Gasteiger partial charge on any atom is 0.228 e. The molecule has 0 amide bonds. The van der Waals surface area contributed by atoms with Crippen molar-refractivity contribution in [3.05, 3.63) is 102 Å². The van der Waals surface area contributed by atoms with Gasteiger partial charge in [0, 0.05) is 17.5 Å². The third-order valence-electron chi connectivity index (χ3n) is 5.79. The van der Waals surface area contributed by atoms with Gasteiger partial charge in [-0.1, -0.05) is 36.4 Å². The molecule has 6 rings (SSSR count). The van der Waals surface area contributed by atoms with E-state index in [2.05, 4.69) is 22.2 Å². The largest absolute Gasteiger partial charge is 0.508 e. The summed E-state index contributed by atoms with van der Waals surface area (Å²) in [5.41, 5.74) is 3.44. The number of hydrogen-bond donors (Lipinski definition) is 1. The quantitative estimate of drug-likeness (QED) is 0.405. The van der Waals surface area contributed by atoms with Gasteiger partial charge in [0.05, 0.1) is 12.7 Å². The number of phenolic OH excluding ortho intramolecular Hbond substituents is 1. The Hall–Kier alpha value is -4.59. The van der Waals surface area contributed by atoms with E-state index in [1.54, 1.807) is 30.1 Å². The molecule has 1 N–H and O–H groups in total. The zero-order valence-electron chi connectivity index (χ0n) is 18.3. The van der Waals surface area contributed by atoms with E-state index >= 15 is 0 Å². The van der Waals surface area contributed by atoms with Crippen LogP contribution in [0.1, 0.15) is 28.4 Å². The van der Waals surface area contributed by atoms with E-state index < -0.39 is 0 Å². The summed E-state index contributed by atoms with van der Waals surface area (Å²) in [6.45, 7) is 0.199. The van der Waals surface area contributed by atoms with Crippen molar-refractivity contribution >= 4 is 5.65 Å². The van der Waals surface area contributed by atoms with Gasteiger partial charge in [0.2, 0.25) is 5.88 Å². The number of aromatic nitrogens is 4. The molecule has 1 aliphatic heterocycles. The number of aromatic hydroxyl groups is 1. The van der Waals surface area contributed by atoms with Crippen LogP contribution in [-0.4, -0.2) is 31.8 Å². The Morgan fingerprint density at radius 1 is 1.00 bits per heavy atom. The predicted molar refractivity (Wildman–Crippen MR) is 124 cm³/mol. The number of nitrogens with zero attached hydrogens (tertiary/aromatic N) is 4. The van der Waals surface area contributed by atoms with Crippen molar-refractivity contribution in [1.82, 2.24) is 19.6 Å². The molecule has 5 aromatic rings. The molecule has 0 saturated carbocycles. The fraction of sp³-hybridized carbons (Fsp3) is 0.115. The number of hydrogen-bond acceptors (Lipinski definition) is 7. The van der Waals surface area contributed by atoms with Crippen LogP contribution >= 0.6 is 0 Å². The number of ether oxygens (including phenoxy) is 3. The number of methoxy groups -OCH3 is 1. The van der Waals surface area contributed by atoms with Gasteiger partial charge >= 0.3 is 0 Å². The minimum absolute atomic E-state index is 0.135. The molecular weight excluding hydrogens is 432 g/mol. The molecule has 8 nitrogen and oxygen atoms in total. The zero-order valence-corrected chi connectivity index (χ0v) is 18.3. The van der Waals surface area contributed by atoms with Crippen LogP contribution in [0.5, 0.6) is 28.9 Å². The van der Waals surface area contributed by atoms with Gasteiger partial charge in [-0.3, -0.25) is 0 Å². The molecule has 1 atom stereocenters. The average molecular weight is 452 g/mol. The molecular formula is C26H20N4O4. The fourth-order valence-corrected chi connectivity index (χ4v) is 4.22. The topological polar surface area (TPSA) is 91.0 Å². The van der Waals surface area contributed by atoms with Crippen LogP contribution < -0.4 is 14.2 Å². The molecule has 0 aliphatic carbocycles. The number of fused-ring (bicyclic) bond motifs is 4. The van der Waals surface area contributed by atoms with E-state index in [0.29, 0.717) is 28.9 Å². The molecule has 3 heterocycles. The van der Waals surface area contributed by atoms with Crippen molar-refractivity contribution in [2.75, 3.05) is 7.11 Å². The summed E-state index contributed by atoms with van der Waals surface area (Å²) < 4.78 is 18.8. The van der Waals surface area contributed by atoms with Gasteiger partial charge in [0.25, 0.3) is 0 Å². The second-order valence-electron chi connectivity index (χ2n) is 7.89. The maximum atomic E-state index is 10.0. The van der Waals surface area contributed by atoms with Gasteiger partial charge in [-0.05, 0) is 35.9 Å². The molecule has 168 valence electrons. The van der Waals surface area contributed by atoms with Gasteiger partial charge in [-0.15, -0.1) is 5.10 Å². The SMILES string of the molecule is COc1ccc(OCc2nc3c4c(ncn3n2)Oc2cc(O)ccc2C4c2ccccc2)cc1. The number of phenols is 1. The van der Waals surface area contributed by atoms with Crippen molar-refractivity contribution in [3.63, 3.8) is 0 Å². The van der Waals surface area contributed by atoms with E-state index in [1.165, 1.54) is 0 Å². The van der Waals surface area contributed by atoms with Gasteiger partial charge in [0.1, 0.15) is 35.9 Å². The van der Waals surface area contributed by atoms with Crippen molar-refractivity contribution in [3.8, 4) is 28.9 Å². The average Bonchev–Trinajstić information content (AvgIpc) is 3.30. The van der Waals surface area contributed by atoms with Crippen LogP contribution in [-0.2, 0) is 6.61 Å². The van der Waals surface area contributed by atoms with Crippen LogP contribution in [0.4, 0.5) is 0 Å². The van der Waals surface area contributed by atoms with E-state index in [1.807, 2.05) is 48.5 Å². The standard InChI is InChI=1S/C26H20N4O4/c1-32-18-8-10-19(11-9-18)33-14-22-28-25-24-23(16-5-3-2-4-6-16)20-12-7-17(31)13-21(20)34-26(24)27-15-30(25)29-22/h2-13,15,23,31H,14H2,1H3. The van der Waals surface area contributed by atoms with Crippen LogP contribution in [0.25, 0.3) is 5.65 Å². The Bertz CT molecular complexity index is 1480. The second-order valence-corrected chi connectivity index (χ2v) is 7.89. The fourth-order valence-electron chi connectivity index (χ4n) is 4.22. The minimum atomic E-state index is -0.184. The lowest BCUT2D eigenvalue weighted by atomic mass is 9.84. The summed E-state index contributed by atoms with van der Waals surface area (Å²) in [6, 6.07) is 22.6. The predicted octanol–water partition coefficient (Wildman–Crippen LogP) is 4.70. The van der Waals surface area contributed by atoms with E-state index in [4.69, 9.17) is 19.2 Å². The summed E-state index contributed by atoms with van der Waals surface area (Å²) in [5.74, 6) is 2.94. The Labute approximate surface area is 195 Å². The summed E-state index contributed by atoms with van der Waals surface area (Å²) in [6.07, 6.45) is 1.58. The second kappa shape index (κ2) is 8.08. The molecule has 0 saturated heterocycles. The van der Waals surface area contributed by atoms with Crippen molar-refractivity contribution in [1.29, 1.82) is 0 Å². The van der Waals surface area contributed by atoms with E-state index in [-0.39, 0.29) is 18.3 Å². The van der Waals surface area contributed by atoms with Crippen molar-refractivity contribution in [2.24, 2.45) is 0 Å². The highest BCUT2D eigenvalue weighted by Crippen LogP contribution is 2.48. The zero-order chi connectivity index (χ0) is 23.1.